The SMILES string of the molecule is O=S(=O)(O)c1c[c-]ccc1Oc1cccc(OCC(O)CO)c1.[Na+]. The van der Waals surface area contributed by atoms with E-state index < -0.39 is 27.7 Å². The van der Waals surface area contributed by atoms with Crippen molar-refractivity contribution in [2.45, 2.75) is 11.0 Å². The first-order chi connectivity index (χ1) is 10.9. The summed E-state index contributed by atoms with van der Waals surface area (Å²) >= 11 is 0. The molecule has 0 amide bonds. The van der Waals surface area contributed by atoms with Crippen molar-refractivity contribution in [3.8, 4) is 17.2 Å². The van der Waals surface area contributed by atoms with Crippen LogP contribution in [-0.4, -0.2) is 42.5 Å². The van der Waals surface area contributed by atoms with E-state index in [0.717, 1.165) is 6.07 Å². The molecule has 1 unspecified atom stereocenters. The average Bonchev–Trinajstić information content (AvgIpc) is 2.52. The van der Waals surface area contributed by atoms with E-state index in [-0.39, 0.29) is 47.7 Å². The Kier molecular flexibility index (Phi) is 8.17. The summed E-state index contributed by atoms with van der Waals surface area (Å²) < 4.78 is 42.5. The Bertz CT molecular complexity index is 764. The van der Waals surface area contributed by atoms with Crippen LogP contribution in [0.15, 0.2) is 47.4 Å². The Labute approximate surface area is 161 Å². The third kappa shape index (κ3) is 6.06. The van der Waals surface area contributed by atoms with Crippen LogP contribution in [0.4, 0.5) is 0 Å². The van der Waals surface area contributed by atoms with E-state index in [2.05, 4.69) is 6.07 Å². The topological polar surface area (TPSA) is 113 Å². The molecule has 0 heterocycles. The van der Waals surface area contributed by atoms with Gasteiger partial charge in [-0.3, -0.25) is 4.55 Å². The molecule has 2 rings (SSSR count). The number of hydrogen-bond acceptors (Lipinski definition) is 6. The molecule has 0 radical (unpaired) electrons. The molecule has 0 aliphatic rings. The fourth-order valence-corrected chi connectivity index (χ4v) is 2.27. The second-order valence-corrected chi connectivity index (χ2v) is 5.96. The van der Waals surface area contributed by atoms with Crippen LogP contribution in [0.5, 0.6) is 17.2 Å². The summed E-state index contributed by atoms with van der Waals surface area (Å²) in [6.45, 7) is -0.523. The zero-order chi connectivity index (χ0) is 16.9. The van der Waals surface area contributed by atoms with Crippen molar-refractivity contribution < 1.29 is 62.2 Å². The molecule has 1 atom stereocenters. The quantitative estimate of drug-likeness (QED) is 0.304. The second kappa shape index (κ2) is 9.38. The Morgan fingerprint density at radius 3 is 2.58 bits per heavy atom. The smallest absolute Gasteiger partial charge is 0.491 e. The van der Waals surface area contributed by atoms with Gasteiger partial charge in [0.1, 0.15) is 24.2 Å². The summed E-state index contributed by atoms with van der Waals surface area (Å²) in [6.07, 6.45) is -1.00. The van der Waals surface area contributed by atoms with Gasteiger partial charge in [-0.1, -0.05) is 6.07 Å². The average molecular weight is 362 g/mol. The molecule has 124 valence electrons. The molecule has 2 aromatic carbocycles. The molecular weight excluding hydrogens is 347 g/mol. The molecule has 3 N–H and O–H groups in total. The molecule has 0 aliphatic carbocycles. The van der Waals surface area contributed by atoms with Gasteiger partial charge >= 0.3 is 29.6 Å². The van der Waals surface area contributed by atoms with Crippen LogP contribution >= 0.6 is 0 Å². The predicted molar refractivity (Wildman–Crippen MR) is 80.2 cm³/mol. The monoisotopic (exact) mass is 362 g/mol. The van der Waals surface area contributed by atoms with E-state index in [0.29, 0.717) is 5.75 Å². The number of ether oxygens (including phenoxy) is 2. The Hall–Kier alpha value is -1.13. The van der Waals surface area contributed by atoms with Gasteiger partial charge in [0.25, 0.3) is 0 Å². The van der Waals surface area contributed by atoms with E-state index in [1.807, 2.05) is 0 Å². The molecule has 0 aromatic heterocycles. The minimum absolute atomic E-state index is 0. The predicted octanol–water partition coefficient (Wildman–Crippen LogP) is -1.74. The van der Waals surface area contributed by atoms with Crippen molar-refractivity contribution in [2.75, 3.05) is 13.2 Å². The maximum absolute atomic E-state index is 11.3. The van der Waals surface area contributed by atoms with Crippen molar-refractivity contribution in [1.82, 2.24) is 0 Å². The summed E-state index contributed by atoms with van der Waals surface area (Å²) in [5, 5.41) is 18.0. The molecule has 0 bridgehead atoms. The van der Waals surface area contributed by atoms with Crippen molar-refractivity contribution in [2.24, 2.45) is 0 Å². The van der Waals surface area contributed by atoms with Gasteiger partial charge in [-0.15, -0.1) is 6.07 Å². The first-order valence-electron chi connectivity index (χ1n) is 6.57. The molecule has 2 aromatic rings. The van der Waals surface area contributed by atoms with E-state index >= 15 is 0 Å². The first kappa shape index (κ1) is 20.9. The van der Waals surface area contributed by atoms with Crippen LogP contribution in [0.3, 0.4) is 0 Å². The van der Waals surface area contributed by atoms with E-state index in [4.69, 9.17) is 14.6 Å². The Balaban J connectivity index is 0.00000288. The number of aliphatic hydroxyl groups is 2. The van der Waals surface area contributed by atoms with Gasteiger partial charge < -0.3 is 19.7 Å². The molecule has 9 heteroatoms. The molecule has 0 saturated heterocycles. The second-order valence-electron chi connectivity index (χ2n) is 4.57. The van der Waals surface area contributed by atoms with Crippen LogP contribution in [0.1, 0.15) is 0 Å². The van der Waals surface area contributed by atoms with Gasteiger partial charge in [-0.05, 0) is 12.1 Å². The van der Waals surface area contributed by atoms with Crippen LogP contribution in [0.25, 0.3) is 0 Å². The van der Waals surface area contributed by atoms with Crippen molar-refractivity contribution in [1.29, 1.82) is 0 Å². The Morgan fingerprint density at radius 2 is 1.92 bits per heavy atom. The fourth-order valence-electron chi connectivity index (χ4n) is 1.69. The van der Waals surface area contributed by atoms with Crippen molar-refractivity contribution in [3.63, 3.8) is 0 Å². The minimum atomic E-state index is -4.44. The van der Waals surface area contributed by atoms with Gasteiger partial charge in [0.05, 0.1) is 6.61 Å². The van der Waals surface area contributed by atoms with E-state index in [9.17, 15) is 18.1 Å². The van der Waals surface area contributed by atoms with Crippen LogP contribution in [0.2, 0.25) is 0 Å². The van der Waals surface area contributed by atoms with E-state index in [1.54, 1.807) is 18.2 Å². The minimum Gasteiger partial charge on any atom is -0.491 e. The van der Waals surface area contributed by atoms with Gasteiger partial charge in [-0.25, -0.2) is 8.42 Å². The van der Waals surface area contributed by atoms with Gasteiger partial charge in [0.2, 0.25) is 10.1 Å². The molecular formula is C15H15NaO7S. The molecule has 0 saturated carbocycles. The molecule has 0 spiro atoms. The van der Waals surface area contributed by atoms with Gasteiger partial charge in [-0.2, -0.15) is 18.2 Å². The van der Waals surface area contributed by atoms with Gasteiger partial charge in [0.15, 0.2) is 0 Å². The maximum atomic E-state index is 11.3. The van der Waals surface area contributed by atoms with E-state index in [1.165, 1.54) is 18.2 Å². The molecule has 7 nitrogen and oxygen atoms in total. The summed E-state index contributed by atoms with van der Waals surface area (Å²) in [4.78, 5) is -0.401. The maximum Gasteiger partial charge on any atom is 1.00 e. The molecule has 24 heavy (non-hydrogen) atoms. The fraction of sp³-hybridized carbons (Fsp3) is 0.200. The number of hydrogen-bond donors (Lipinski definition) is 3. The molecule has 0 fully saturated rings. The summed E-state index contributed by atoms with van der Waals surface area (Å²) in [7, 11) is -4.44. The Morgan fingerprint density at radius 1 is 1.21 bits per heavy atom. The zero-order valence-corrected chi connectivity index (χ0v) is 15.7. The molecule has 0 aliphatic heterocycles. The van der Waals surface area contributed by atoms with Crippen molar-refractivity contribution in [3.05, 3.63) is 48.5 Å². The summed E-state index contributed by atoms with van der Waals surface area (Å²) in [5.41, 5.74) is 0. The third-order valence-electron chi connectivity index (χ3n) is 2.75. The van der Waals surface area contributed by atoms with Crippen molar-refractivity contribution >= 4 is 10.1 Å². The summed E-state index contributed by atoms with van der Waals surface area (Å²) in [6, 6.07) is 12.7. The standard InChI is InChI=1S/C15H15O7S.Na/c16-9-11(17)10-21-12-4-3-5-13(8-12)22-14-6-1-2-7-15(14)23(18,19)20;/h1,3-8,11,16-17H,9-10H2,(H,18,19,20);/q-1;+1. The number of benzene rings is 2. The first-order valence-corrected chi connectivity index (χ1v) is 8.01. The third-order valence-corrected chi connectivity index (χ3v) is 3.63. The number of aliphatic hydroxyl groups excluding tert-OH is 2. The normalized spacial score (nSPS) is 12.1. The zero-order valence-electron chi connectivity index (χ0n) is 12.9. The number of rotatable bonds is 7. The van der Waals surface area contributed by atoms with Crippen LogP contribution < -0.4 is 39.0 Å². The summed E-state index contributed by atoms with van der Waals surface area (Å²) in [5.74, 6) is 0.585. The van der Waals surface area contributed by atoms with Crippen LogP contribution in [-0.2, 0) is 10.1 Å². The largest absolute Gasteiger partial charge is 1.00 e. The van der Waals surface area contributed by atoms with Crippen LogP contribution in [0, 0.1) is 6.07 Å². The van der Waals surface area contributed by atoms with Gasteiger partial charge in [0, 0.05) is 16.7 Å².